The topological polar surface area (TPSA) is 48.0 Å². The SMILES string of the molecule is Cn1cnc2cc3c(cc21)c1cccnc1n1cncc31. The molecule has 4 heterocycles. The Kier molecular flexibility index (Phi) is 1.84. The number of nitrogens with zero attached hydrogens (tertiary/aromatic N) is 5. The van der Waals surface area contributed by atoms with Crippen LogP contribution in [0.5, 0.6) is 0 Å². The molecular weight excluding hydrogens is 262 g/mol. The highest BCUT2D eigenvalue weighted by atomic mass is 15.0. The van der Waals surface area contributed by atoms with Gasteiger partial charge in [0.25, 0.3) is 0 Å². The van der Waals surface area contributed by atoms with E-state index in [2.05, 4.69) is 33.2 Å². The van der Waals surface area contributed by atoms with Gasteiger partial charge in [-0.15, -0.1) is 0 Å². The average Bonchev–Trinajstić information content (AvgIpc) is 3.14. The molecule has 0 aliphatic carbocycles. The molecule has 21 heavy (non-hydrogen) atoms. The third kappa shape index (κ3) is 1.27. The fourth-order valence-electron chi connectivity index (χ4n) is 3.07. The smallest absolute Gasteiger partial charge is 0.146 e. The first-order chi connectivity index (χ1) is 10.3. The lowest BCUT2D eigenvalue weighted by Crippen LogP contribution is -1.92. The second kappa shape index (κ2) is 3.58. The normalized spacial score (nSPS) is 12.0. The number of rotatable bonds is 0. The van der Waals surface area contributed by atoms with Crippen LogP contribution in [-0.4, -0.2) is 23.9 Å². The van der Waals surface area contributed by atoms with Gasteiger partial charge in [0.05, 0.1) is 29.1 Å². The van der Waals surface area contributed by atoms with Crippen molar-refractivity contribution in [1.82, 2.24) is 23.9 Å². The van der Waals surface area contributed by atoms with Crippen LogP contribution < -0.4 is 0 Å². The van der Waals surface area contributed by atoms with Crippen LogP contribution in [0.2, 0.25) is 0 Å². The molecule has 0 N–H and O–H groups in total. The van der Waals surface area contributed by atoms with Crippen LogP contribution in [0.3, 0.4) is 0 Å². The molecule has 0 amide bonds. The third-order valence-corrected chi connectivity index (χ3v) is 4.08. The van der Waals surface area contributed by atoms with Crippen LogP contribution in [0.1, 0.15) is 0 Å². The largest absolute Gasteiger partial charge is 0.334 e. The standard InChI is InChI=1S/C16H11N5/c1-20-9-19-13-5-12-11(6-14(13)20)10-3-2-4-18-16(10)21-8-17-7-15(12)21/h2-9H,1H3. The van der Waals surface area contributed by atoms with E-state index in [0.717, 1.165) is 33.0 Å². The number of aromatic nitrogens is 5. The van der Waals surface area contributed by atoms with Crippen LogP contribution in [0, 0.1) is 0 Å². The number of hydrogen-bond acceptors (Lipinski definition) is 3. The second-order valence-electron chi connectivity index (χ2n) is 5.27. The molecule has 5 rings (SSSR count). The van der Waals surface area contributed by atoms with Gasteiger partial charge < -0.3 is 4.57 Å². The van der Waals surface area contributed by atoms with Crippen molar-refractivity contribution < 1.29 is 0 Å². The van der Waals surface area contributed by atoms with E-state index in [1.807, 2.05) is 47.1 Å². The molecule has 0 aliphatic heterocycles. The average molecular weight is 273 g/mol. The summed E-state index contributed by atoms with van der Waals surface area (Å²) in [5.74, 6) is 0. The van der Waals surface area contributed by atoms with E-state index in [4.69, 9.17) is 0 Å². The monoisotopic (exact) mass is 273 g/mol. The first-order valence-corrected chi connectivity index (χ1v) is 6.76. The van der Waals surface area contributed by atoms with Crippen LogP contribution in [-0.2, 0) is 7.05 Å². The van der Waals surface area contributed by atoms with E-state index in [0.29, 0.717) is 0 Å². The molecular formula is C16H11N5. The highest BCUT2D eigenvalue weighted by Gasteiger charge is 2.11. The minimum Gasteiger partial charge on any atom is -0.334 e. The molecule has 0 spiro atoms. The predicted octanol–water partition coefficient (Wildman–Crippen LogP) is 2.92. The number of hydrogen-bond donors (Lipinski definition) is 0. The van der Waals surface area contributed by atoms with Crippen LogP contribution in [0.25, 0.3) is 38.4 Å². The molecule has 0 unspecified atom stereocenters. The van der Waals surface area contributed by atoms with Gasteiger partial charge >= 0.3 is 0 Å². The molecule has 5 heteroatoms. The molecule has 0 atom stereocenters. The summed E-state index contributed by atoms with van der Waals surface area (Å²) in [6.45, 7) is 0. The zero-order chi connectivity index (χ0) is 14.0. The van der Waals surface area contributed by atoms with Crippen molar-refractivity contribution in [3.05, 3.63) is 49.3 Å². The van der Waals surface area contributed by atoms with Crippen molar-refractivity contribution in [3.63, 3.8) is 0 Å². The van der Waals surface area contributed by atoms with E-state index in [9.17, 15) is 0 Å². The molecule has 0 fully saturated rings. The molecule has 1 aromatic carbocycles. The van der Waals surface area contributed by atoms with Crippen LogP contribution in [0.4, 0.5) is 0 Å². The highest BCUT2D eigenvalue weighted by molar-refractivity contribution is 6.15. The number of imidazole rings is 2. The van der Waals surface area contributed by atoms with Gasteiger partial charge in [-0.1, -0.05) is 0 Å². The van der Waals surface area contributed by atoms with Crippen molar-refractivity contribution in [3.8, 4) is 0 Å². The molecule has 0 aliphatic rings. The van der Waals surface area contributed by atoms with Gasteiger partial charge in [-0.2, -0.15) is 0 Å². The zero-order valence-corrected chi connectivity index (χ0v) is 11.4. The second-order valence-corrected chi connectivity index (χ2v) is 5.27. The van der Waals surface area contributed by atoms with Gasteiger partial charge in [0, 0.05) is 24.0 Å². The Morgan fingerprint density at radius 3 is 2.86 bits per heavy atom. The summed E-state index contributed by atoms with van der Waals surface area (Å²) >= 11 is 0. The van der Waals surface area contributed by atoms with E-state index in [-0.39, 0.29) is 0 Å². The van der Waals surface area contributed by atoms with Crippen molar-refractivity contribution in [2.45, 2.75) is 0 Å². The third-order valence-electron chi connectivity index (χ3n) is 4.08. The molecule has 4 aromatic heterocycles. The maximum atomic E-state index is 4.52. The first-order valence-electron chi connectivity index (χ1n) is 6.76. The summed E-state index contributed by atoms with van der Waals surface area (Å²) in [4.78, 5) is 13.3. The maximum absolute atomic E-state index is 4.52. The van der Waals surface area contributed by atoms with Crippen LogP contribution in [0.15, 0.2) is 49.3 Å². The maximum Gasteiger partial charge on any atom is 0.146 e. The molecule has 0 bridgehead atoms. The minimum atomic E-state index is 0.930. The van der Waals surface area contributed by atoms with Gasteiger partial charge in [-0.3, -0.25) is 4.40 Å². The Morgan fingerprint density at radius 1 is 0.952 bits per heavy atom. The Balaban J connectivity index is 2.19. The number of pyridine rings is 2. The molecule has 0 radical (unpaired) electrons. The summed E-state index contributed by atoms with van der Waals surface area (Å²) in [6.07, 6.45) is 7.35. The van der Waals surface area contributed by atoms with Gasteiger partial charge in [-0.05, 0) is 29.7 Å². The number of aryl methyl sites for hydroxylation is 1. The minimum absolute atomic E-state index is 0.930. The summed E-state index contributed by atoms with van der Waals surface area (Å²) in [6, 6.07) is 8.40. The Hall–Kier alpha value is -2.95. The summed E-state index contributed by atoms with van der Waals surface area (Å²) in [7, 11) is 2.01. The number of benzene rings is 1. The van der Waals surface area contributed by atoms with Gasteiger partial charge in [0.1, 0.15) is 12.0 Å². The van der Waals surface area contributed by atoms with E-state index in [1.54, 1.807) is 0 Å². The molecule has 100 valence electrons. The van der Waals surface area contributed by atoms with E-state index >= 15 is 0 Å². The summed E-state index contributed by atoms with van der Waals surface area (Å²) in [5.41, 5.74) is 4.11. The molecule has 0 saturated heterocycles. The van der Waals surface area contributed by atoms with Crippen molar-refractivity contribution in [2.75, 3.05) is 0 Å². The summed E-state index contributed by atoms with van der Waals surface area (Å²) < 4.78 is 4.07. The molecule has 0 saturated carbocycles. The first kappa shape index (κ1) is 10.8. The Bertz CT molecular complexity index is 1150. The lowest BCUT2D eigenvalue weighted by atomic mass is 10.1. The van der Waals surface area contributed by atoms with E-state index < -0.39 is 0 Å². The molecule has 5 aromatic rings. The van der Waals surface area contributed by atoms with Crippen molar-refractivity contribution in [1.29, 1.82) is 0 Å². The van der Waals surface area contributed by atoms with Crippen LogP contribution >= 0.6 is 0 Å². The van der Waals surface area contributed by atoms with Crippen molar-refractivity contribution >= 4 is 38.4 Å². The van der Waals surface area contributed by atoms with Crippen molar-refractivity contribution in [2.24, 2.45) is 7.05 Å². The highest BCUT2D eigenvalue weighted by Crippen LogP contribution is 2.31. The van der Waals surface area contributed by atoms with E-state index in [1.165, 1.54) is 5.39 Å². The molecule has 5 nitrogen and oxygen atoms in total. The summed E-state index contributed by atoms with van der Waals surface area (Å²) in [5, 5.41) is 3.46. The Labute approximate surface area is 119 Å². The number of fused-ring (bicyclic) bond motifs is 7. The predicted molar refractivity (Wildman–Crippen MR) is 82.3 cm³/mol. The zero-order valence-electron chi connectivity index (χ0n) is 11.4. The van der Waals surface area contributed by atoms with Gasteiger partial charge in [-0.25, -0.2) is 15.0 Å². The van der Waals surface area contributed by atoms with Gasteiger partial charge in [0.15, 0.2) is 0 Å². The van der Waals surface area contributed by atoms with Gasteiger partial charge in [0.2, 0.25) is 0 Å². The Morgan fingerprint density at radius 2 is 1.90 bits per heavy atom. The fraction of sp³-hybridized carbons (Fsp3) is 0.0625. The quantitative estimate of drug-likeness (QED) is 0.408. The lowest BCUT2D eigenvalue weighted by Gasteiger charge is -2.08. The fourth-order valence-corrected chi connectivity index (χ4v) is 3.07. The lowest BCUT2D eigenvalue weighted by molar-refractivity contribution is 0.948.